The zero-order valence-electron chi connectivity index (χ0n) is 15.6. The van der Waals surface area contributed by atoms with E-state index in [1.165, 1.54) is 0 Å². The van der Waals surface area contributed by atoms with Gasteiger partial charge in [0.15, 0.2) is 6.61 Å². The first-order valence-electron chi connectivity index (χ1n) is 9.15. The second kappa shape index (κ2) is 9.75. The minimum Gasteiger partial charge on any atom is -0.484 e. The average molecular weight is 349 g/mol. The van der Waals surface area contributed by atoms with E-state index in [9.17, 15) is 9.90 Å². The second-order valence-corrected chi connectivity index (χ2v) is 6.47. The lowest BCUT2D eigenvalue weighted by Crippen LogP contribution is -2.34. The maximum Gasteiger partial charge on any atom is 0.260 e. The highest BCUT2D eigenvalue weighted by atomic mass is 16.5. The van der Waals surface area contributed by atoms with Crippen LogP contribution in [0.1, 0.15) is 31.9 Å². The summed E-state index contributed by atoms with van der Waals surface area (Å²) in [6.45, 7) is 7.89. The molecule has 1 fully saturated rings. The molecule has 0 aliphatic carbocycles. The van der Waals surface area contributed by atoms with Crippen LogP contribution in [-0.4, -0.2) is 73.3 Å². The number of aliphatic hydroxyl groups excluding tert-OH is 1. The molecule has 1 aliphatic heterocycles. The number of carbonyl (C=O) groups is 1. The van der Waals surface area contributed by atoms with Gasteiger partial charge in [-0.1, -0.05) is 12.1 Å². The molecule has 0 bridgehead atoms. The minimum atomic E-state index is -0.210. The molecule has 1 saturated heterocycles. The maximum absolute atomic E-state index is 12.1. The van der Waals surface area contributed by atoms with Crippen LogP contribution in [0.2, 0.25) is 0 Å². The van der Waals surface area contributed by atoms with Gasteiger partial charge in [0, 0.05) is 38.8 Å². The molecule has 2 N–H and O–H groups in total. The quantitative estimate of drug-likeness (QED) is 0.703. The molecule has 0 saturated carbocycles. The van der Waals surface area contributed by atoms with Crippen molar-refractivity contribution >= 4 is 5.91 Å². The molecule has 1 aromatic carbocycles. The zero-order chi connectivity index (χ0) is 18.2. The topological polar surface area (TPSA) is 65.0 Å². The van der Waals surface area contributed by atoms with E-state index in [-0.39, 0.29) is 24.7 Å². The third-order valence-corrected chi connectivity index (χ3v) is 4.78. The van der Waals surface area contributed by atoms with Gasteiger partial charge < -0.3 is 20.1 Å². The zero-order valence-corrected chi connectivity index (χ0v) is 15.6. The van der Waals surface area contributed by atoms with Crippen LogP contribution < -0.4 is 10.1 Å². The number of β-amino-alcohol motifs (C(OH)–C–C–N with tert-alkyl or cyclic N) is 1. The standard InChI is InChI=1S/C19H31N3O3/c1-4-22(5-2)19(24)14-25-17-8-6-7-15(11-17)18(20-3)13-21-10-9-16(23)12-21/h6-8,11,16,18,20,23H,4-5,9-10,12-14H2,1-3H3/t16?,18-/m1/s1. The number of nitrogens with one attached hydrogen (secondary N) is 1. The number of hydrogen-bond donors (Lipinski definition) is 2. The summed E-state index contributed by atoms with van der Waals surface area (Å²) >= 11 is 0. The summed E-state index contributed by atoms with van der Waals surface area (Å²) in [5.74, 6) is 0.714. The molecule has 6 heteroatoms. The Labute approximate surface area is 150 Å². The molecule has 0 aromatic heterocycles. The Balaban J connectivity index is 1.95. The molecule has 0 spiro atoms. The number of nitrogens with zero attached hydrogens (tertiary/aromatic N) is 2. The van der Waals surface area contributed by atoms with E-state index >= 15 is 0 Å². The number of amides is 1. The third kappa shape index (κ3) is 5.70. The van der Waals surface area contributed by atoms with Crippen LogP contribution in [0.4, 0.5) is 0 Å². The van der Waals surface area contributed by atoms with Gasteiger partial charge in [0.05, 0.1) is 6.10 Å². The van der Waals surface area contributed by atoms with Gasteiger partial charge in [-0.3, -0.25) is 9.69 Å². The Hall–Kier alpha value is -1.63. The lowest BCUT2D eigenvalue weighted by Gasteiger charge is -2.24. The van der Waals surface area contributed by atoms with Crippen LogP contribution in [0, 0.1) is 0 Å². The molecule has 1 unspecified atom stereocenters. The van der Waals surface area contributed by atoms with Crippen molar-refractivity contribution < 1.29 is 14.6 Å². The Kier molecular flexibility index (Phi) is 7.68. The van der Waals surface area contributed by atoms with Crippen LogP contribution in [0.15, 0.2) is 24.3 Å². The van der Waals surface area contributed by atoms with Crippen molar-refractivity contribution in [3.63, 3.8) is 0 Å². The van der Waals surface area contributed by atoms with Crippen molar-refractivity contribution in [3.8, 4) is 5.75 Å². The fourth-order valence-corrected chi connectivity index (χ4v) is 3.23. The van der Waals surface area contributed by atoms with E-state index in [0.717, 1.165) is 31.6 Å². The highest BCUT2D eigenvalue weighted by Gasteiger charge is 2.23. The summed E-state index contributed by atoms with van der Waals surface area (Å²) in [6, 6.07) is 8.05. The van der Waals surface area contributed by atoms with E-state index < -0.39 is 0 Å². The Morgan fingerprint density at radius 2 is 2.20 bits per heavy atom. The number of rotatable bonds is 9. The first kappa shape index (κ1) is 19.7. The summed E-state index contributed by atoms with van der Waals surface area (Å²) in [4.78, 5) is 16.1. The molecule has 25 heavy (non-hydrogen) atoms. The largest absolute Gasteiger partial charge is 0.484 e. The molecule has 6 nitrogen and oxygen atoms in total. The number of likely N-dealkylation sites (N-methyl/N-ethyl adjacent to an activating group) is 2. The van der Waals surface area contributed by atoms with Gasteiger partial charge in [-0.25, -0.2) is 0 Å². The lowest BCUT2D eigenvalue weighted by atomic mass is 10.1. The molecule has 1 aromatic rings. The average Bonchev–Trinajstić information content (AvgIpc) is 3.04. The second-order valence-electron chi connectivity index (χ2n) is 6.47. The molecule has 2 atom stereocenters. The molecule has 0 radical (unpaired) electrons. The molecular formula is C19H31N3O3. The lowest BCUT2D eigenvalue weighted by molar-refractivity contribution is -0.132. The highest BCUT2D eigenvalue weighted by Crippen LogP contribution is 2.22. The van der Waals surface area contributed by atoms with E-state index in [1.54, 1.807) is 4.90 Å². The molecule has 140 valence electrons. The number of benzene rings is 1. The number of hydrogen-bond acceptors (Lipinski definition) is 5. The summed E-state index contributed by atoms with van der Waals surface area (Å²) in [5.41, 5.74) is 1.12. The first-order chi connectivity index (χ1) is 12.1. The van der Waals surface area contributed by atoms with Crippen LogP contribution in [-0.2, 0) is 4.79 Å². The van der Waals surface area contributed by atoms with E-state index in [2.05, 4.69) is 16.3 Å². The summed E-state index contributed by atoms with van der Waals surface area (Å²) in [6.07, 6.45) is 0.630. The number of ether oxygens (including phenoxy) is 1. The predicted octanol–water partition coefficient (Wildman–Crippen LogP) is 1.26. The van der Waals surface area contributed by atoms with Gasteiger partial charge in [-0.2, -0.15) is 0 Å². The van der Waals surface area contributed by atoms with E-state index in [4.69, 9.17) is 4.74 Å². The fourth-order valence-electron chi connectivity index (χ4n) is 3.23. The number of likely N-dealkylation sites (tertiary alicyclic amines) is 1. The van der Waals surface area contributed by atoms with E-state index in [0.29, 0.717) is 18.8 Å². The van der Waals surface area contributed by atoms with Gasteiger partial charge in [-0.05, 0) is 45.0 Å². The number of carbonyl (C=O) groups excluding carboxylic acids is 1. The highest BCUT2D eigenvalue weighted by molar-refractivity contribution is 5.77. The van der Waals surface area contributed by atoms with Crippen molar-refractivity contribution in [1.29, 1.82) is 0 Å². The number of aliphatic hydroxyl groups is 1. The monoisotopic (exact) mass is 349 g/mol. The van der Waals surface area contributed by atoms with Gasteiger partial charge in [-0.15, -0.1) is 0 Å². The van der Waals surface area contributed by atoms with Crippen molar-refractivity contribution in [2.75, 3.05) is 46.4 Å². The Bertz CT molecular complexity index is 548. The SMILES string of the molecule is CCN(CC)C(=O)COc1cccc([C@@H](CN2CCC(O)C2)NC)c1. The maximum atomic E-state index is 12.1. The van der Waals surface area contributed by atoms with Crippen molar-refractivity contribution in [2.24, 2.45) is 0 Å². The minimum absolute atomic E-state index is 0.00613. The van der Waals surface area contributed by atoms with Crippen LogP contribution in [0.25, 0.3) is 0 Å². The van der Waals surface area contributed by atoms with Crippen molar-refractivity contribution in [2.45, 2.75) is 32.4 Å². The summed E-state index contributed by atoms with van der Waals surface area (Å²) in [7, 11) is 1.94. The third-order valence-electron chi connectivity index (χ3n) is 4.78. The Morgan fingerprint density at radius 3 is 2.80 bits per heavy atom. The normalized spacial score (nSPS) is 19.0. The molecule has 2 rings (SSSR count). The van der Waals surface area contributed by atoms with Gasteiger partial charge in [0.2, 0.25) is 0 Å². The predicted molar refractivity (Wildman–Crippen MR) is 98.7 cm³/mol. The van der Waals surface area contributed by atoms with Crippen molar-refractivity contribution in [3.05, 3.63) is 29.8 Å². The fraction of sp³-hybridized carbons (Fsp3) is 0.632. The molecular weight excluding hydrogens is 318 g/mol. The van der Waals surface area contributed by atoms with Crippen molar-refractivity contribution in [1.82, 2.24) is 15.1 Å². The van der Waals surface area contributed by atoms with Crippen LogP contribution in [0.5, 0.6) is 5.75 Å². The van der Waals surface area contributed by atoms with Gasteiger partial charge >= 0.3 is 0 Å². The molecule has 1 aliphatic rings. The van der Waals surface area contributed by atoms with Crippen LogP contribution >= 0.6 is 0 Å². The molecule has 1 heterocycles. The van der Waals surface area contributed by atoms with Gasteiger partial charge in [0.25, 0.3) is 5.91 Å². The summed E-state index contributed by atoms with van der Waals surface area (Å²) in [5, 5.41) is 13.0. The summed E-state index contributed by atoms with van der Waals surface area (Å²) < 4.78 is 5.70. The molecule has 1 amide bonds. The first-order valence-corrected chi connectivity index (χ1v) is 9.15. The van der Waals surface area contributed by atoms with Crippen LogP contribution in [0.3, 0.4) is 0 Å². The van der Waals surface area contributed by atoms with Gasteiger partial charge in [0.1, 0.15) is 5.75 Å². The van der Waals surface area contributed by atoms with E-state index in [1.807, 2.05) is 39.1 Å². The Morgan fingerprint density at radius 1 is 1.44 bits per heavy atom. The smallest absolute Gasteiger partial charge is 0.260 e.